The first-order valence-electron chi connectivity index (χ1n) is 10.6. The maximum absolute atomic E-state index is 12.5. The molecule has 2 unspecified atom stereocenters. The number of thioether (sulfide) groups is 2. The van der Waals surface area contributed by atoms with Crippen molar-refractivity contribution in [1.29, 1.82) is 0 Å². The van der Waals surface area contributed by atoms with Crippen molar-refractivity contribution < 1.29 is 29.3 Å². The predicted octanol–water partition coefficient (Wildman–Crippen LogP) is 3.91. The lowest BCUT2D eigenvalue weighted by molar-refractivity contribution is -0.142. The van der Waals surface area contributed by atoms with E-state index in [9.17, 15) is 19.5 Å². The van der Waals surface area contributed by atoms with Crippen molar-refractivity contribution in [1.82, 2.24) is 20.2 Å². The third kappa shape index (κ3) is 6.56. The second-order valence-electron chi connectivity index (χ2n) is 7.57. The zero-order valence-corrected chi connectivity index (χ0v) is 21.9. The van der Waals surface area contributed by atoms with Crippen molar-refractivity contribution in [2.75, 3.05) is 11.5 Å². The zero-order chi connectivity index (χ0) is 25.5. The molecule has 2 saturated heterocycles. The summed E-state index contributed by atoms with van der Waals surface area (Å²) in [4.78, 5) is 45.7. The molecule has 1 aromatic carbocycles. The van der Waals surface area contributed by atoms with Gasteiger partial charge in [0.1, 0.15) is 24.1 Å². The van der Waals surface area contributed by atoms with Crippen molar-refractivity contribution >= 4 is 64.2 Å². The number of carboxylic acids is 2. The van der Waals surface area contributed by atoms with Crippen LogP contribution in [0.1, 0.15) is 26.1 Å². The third-order valence-electron chi connectivity index (χ3n) is 5.19. The number of amides is 1. The smallest absolute Gasteiger partial charge is 0.412 e. The van der Waals surface area contributed by atoms with E-state index in [0.717, 1.165) is 15.3 Å². The van der Waals surface area contributed by atoms with E-state index in [1.54, 1.807) is 46.5 Å². The van der Waals surface area contributed by atoms with Crippen LogP contribution in [0.2, 0.25) is 0 Å². The van der Waals surface area contributed by atoms with Gasteiger partial charge in [-0.25, -0.2) is 9.59 Å². The Morgan fingerprint density at radius 2 is 1.67 bits per heavy atom. The van der Waals surface area contributed by atoms with Crippen LogP contribution in [-0.2, 0) is 20.9 Å². The molecule has 2 aliphatic heterocycles. The number of hydrogen-bond donors (Lipinski definition) is 3. The molecule has 0 saturated carbocycles. The molecule has 3 aromatic rings. The largest absolute Gasteiger partial charge is 0.480 e. The fourth-order valence-electron chi connectivity index (χ4n) is 3.41. The summed E-state index contributed by atoms with van der Waals surface area (Å²) in [5, 5.41) is 20.9. The minimum Gasteiger partial charge on any atom is -0.480 e. The number of rotatable bonds is 6. The Labute approximate surface area is 223 Å². The normalized spacial score (nSPS) is 23.1. The number of thiazole rings is 2. The minimum atomic E-state index is -1.03. The number of ether oxygens (including phenoxy) is 1. The number of nitrogens with zero attached hydrogens (tertiary/aromatic N) is 3. The van der Waals surface area contributed by atoms with Crippen LogP contribution in [0.25, 0.3) is 0 Å². The van der Waals surface area contributed by atoms with Crippen molar-refractivity contribution in [2.24, 2.45) is 0 Å². The van der Waals surface area contributed by atoms with Crippen molar-refractivity contribution in [2.45, 2.75) is 29.4 Å². The van der Waals surface area contributed by atoms with Gasteiger partial charge in [-0.15, -0.1) is 46.2 Å². The molecule has 0 spiro atoms. The number of aromatic nitrogens is 2. The Morgan fingerprint density at radius 3 is 2.25 bits per heavy atom. The van der Waals surface area contributed by atoms with Crippen LogP contribution in [0.3, 0.4) is 0 Å². The molecule has 2 fully saturated rings. The van der Waals surface area contributed by atoms with Gasteiger partial charge in [0, 0.05) is 23.9 Å². The van der Waals surface area contributed by atoms with Gasteiger partial charge in [-0.2, -0.15) is 0 Å². The summed E-state index contributed by atoms with van der Waals surface area (Å²) >= 11 is 5.97. The molecule has 2 aliphatic rings. The first-order valence-corrected chi connectivity index (χ1v) is 14.5. The van der Waals surface area contributed by atoms with E-state index < -0.39 is 30.1 Å². The molecule has 3 N–H and O–H groups in total. The number of carbonyl (C=O) groups excluding carboxylic acids is 1. The van der Waals surface area contributed by atoms with E-state index >= 15 is 0 Å². The van der Waals surface area contributed by atoms with Gasteiger partial charge in [-0.1, -0.05) is 30.3 Å². The highest BCUT2D eigenvalue weighted by molar-refractivity contribution is 8.00. The average Bonchev–Trinajstić information content (AvgIpc) is 3.69. The maximum atomic E-state index is 12.5. The summed E-state index contributed by atoms with van der Waals surface area (Å²) in [5.74, 6) is -0.850. The van der Waals surface area contributed by atoms with Crippen LogP contribution >= 0.6 is 46.2 Å². The van der Waals surface area contributed by atoms with Gasteiger partial charge in [0.05, 0.1) is 26.1 Å². The van der Waals surface area contributed by atoms with Gasteiger partial charge < -0.3 is 14.9 Å². The predicted molar refractivity (Wildman–Crippen MR) is 139 cm³/mol. The summed E-state index contributed by atoms with van der Waals surface area (Å²) in [6, 6.07) is 7.97. The van der Waals surface area contributed by atoms with Crippen molar-refractivity contribution in [3.8, 4) is 0 Å². The molecular formula is C22H22N4O6S4. The highest BCUT2D eigenvalue weighted by Gasteiger charge is 2.44. The molecule has 2 aromatic heterocycles. The minimum absolute atomic E-state index is 0.105. The summed E-state index contributed by atoms with van der Waals surface area (Å²) in [7, 11) is 0. The first-order chi connectivity index (χ1) is 17.4. The van der Waals surface area contributed by atoms with Crippen LogP contribution in [0.5, 0.6) is 0 Å². The number of benzene rings is 1. The number of aliphatic carboxylic acids is 2. The summed E-state index contributed by atoms with van der Waals surface area (Å²) in [6.45, 7) is 0.114. The summed E-state index contributed by atoms with van der Waals surface area (Å²) in [6.07, 6.45) is 2.81. The average molecular weight is 567 g/mol. The second kappa shape index (κ2) is 12.5. The van der Waals surface area contributed by atoms with Crippen LogP contribution in [0.15, 0.2) is 53.7 Å². The Balaban J connectivity index is 0.000000197. The standard InChI is InChI=1S/C15H14N2O4S2.C7H8N2O2S2/c18-14(19)11-8-22-13(12-6-16-9-23-12)17(11)15(20)21-7-10-4-2-1-3-5-10;10-7(11)4-2-12-6(9-4)5-1-8-3-13-5/h1-6,9,11,13H,7-8H2,(H,18,19);1,3-4,6,9H,2H2,(H,10,11)/t11?,13-;4?,6-/m11/s1. The van der Waals surface area contributed by atoms with Gasteiger partial charge in [-0.3, -0.25) is 25.0 Å². The maximum Gasteiger partial charge on any atom is 0.412 e. The highest BCUT2D eigenvalue weighted by Crippen LogP contribution is 2.43. The molecule has 10 nitrogen and oxygen atoms in total. The lowest BCUT2D eigenvalue weighted by Gasteiger charge is -2.25. The van der Waals surface area contributed by atoms with Gasteiger partial charge in [0.25, 0.3) is 0 Å². The molecule has 4 heterocycles. The van der Waals surface area contributed by atoms with E-state index in [1.807, 2.05) is 30.3 Å². The second-order valence-corrected chi connectivity index (χ2v) is 11.7. The molecule has 4 atom stereocenters. The Hall–Kier alpha value is -2.65. The first kappa shape index (κ1) is 26.4. The molecule has 1 amide bonds. The van der Waals surface area contributed by atoms with E-state index in [2.05, 4.69) is 15.3 Å². The number of carboxylic acid groups (broad SMARTS) is 2. The third-order valence-corrected chi connectivity index (χ3v) is 9.71. The zero-order valence-electron chi connectivity index (χ0n) is 18.6. The topological polar surface area (TPSA) is 142 Å². The molecule has 14 heteroatoms. The van der Waals surface area contributed by atoms with Crippen LogP contribution in [-0.4, -0.2) is 66.7 Å². The highest BCUT2D eigenvalue weighted by atomic mass is 32.2. The monoisotopic (exact) mass is 566 g/mol. The van der Waals surface area contributed by atoms with Crippen LogP contribution < -0.4 is 5.32 Å². The van der Waals surface area contributed by atoms with E-state index in [4.69, 9.17) is 9.84 Å². The number of hydrogen-bond acceptors (Lipinski definition) is 11. The molecular weight excluding hydrogens is 545 g/mol. The van der Waals surface area contributed by atoms with Gasteiger partial charge in [-0.05, 0) is 5.56 Å². The SMILES string of the molecule is O=C(O)C1CS[C@H](c2cncs2)N1.O=C(O)C1CS[C@H](c2cncs2)N1C(=O)OCc1ccccc1. The summed E-state index contributed by atoms with van der Waals surface area (Å²) in [5.41, 5.74) is 4.28. The van der Waals surface area contributed by atoms with E-state index in [-0.39, 0.29) is 17.4 Å². The molecule has 190 valence electrons. The lowest BCUT2D eigenvalue weighted by Crippen LogP contribution is -2.43. The molecule has 0 bridgehead atoms. The van der Waals surface area contributed by atoms with Gasteiger partial charge in [0.15, 0.2) is 0 Å². The van der Waals surface area contributed by atoms with Gasteiger partial charge in [0.2, 0.25) is 0 Å². The summed E-state index contributed by atoms with van der Waals surface area (Å²) < 4.78 is 5.32. The molecule has 0 radical (unpaired) electrons. The van der Waals surface area contributed by atoms with E-state index in [1.165, 1.54) is 28.0 Å². The Kier molecular flexibility index (Phi) is 9.20. The lowest BCUT2D eigenvalue weighted by atomic mass is 10.2. The van der Waals surface area contributed by atoms with Crippen LogP contribution in [0.4, 0.5) is 4.79 Å². The van der Waals surface area contributed by atoms with Crippen molar-refractivity contribution in [3.05, 3.63) is 69.1 Å². The van der Waals surface area contributed by atoms with Gasteiger partial charge >= 0.3 is 18.0 Å². The number of nitrogens with one attached hydrogen (secondary N) is 1. The quantitative estimate of drug-likeness (QED) is 0.400. The fraction of sp³-hybridized carbons (Fsp3) is 0.318. The molecule has 5 rings (SSSR count). The molecule has 36 heavy (non-hydrogen) atoms. The fourth-order valence-corrected chi connectivity index (χ4v) is 7.70. The van der Waals surface area contributed by atoms with E-state index in [0.29, 0.717) is 11.5 Å². The Bertz CT molecular complexity index is 1150. The van der Waals surface area contributed by atoms with Crippen LogP contribution in [0, 0.1) is 0 Å². The number of carbonyl (C=O) groups is 3. The Morgan fingerprint density at radius 1 is 0.972 bits per heavy atom. The molecule has 0 aliphatic carbocycles. The van der Waals surface area contributed by atoms with Crippen molar-refractivity contribution in [3.63, 3.8) is 0 Å².